The van der Waals surface area contributed by atoms with E-state index >= 15 is 0 Å². The summed E-state index contributed by atoms with van der Waals surface area (Å²) < 4.78 is 0. The second-order valence-corrected chi connectivity index (χ2v) is 3.67. The standard InChI is InChI=1S/C9H13N3O/c10-7-9-3-1-2-5-12(9)6-4-11-8(9)13/h1-6H2,(H,11,13)/t9-/m1/s1. The number of carbonyl (C=O) groups is 1. The van der Waals surface area contributed by atoms with Gasteiger partial charge in [-0.1, -0.05) is 0 Å². The number of hydrogen-bond donors (Lipinski definition) is 1. The summed E-state index contributed by atoms with van der Waals surface area (Å²) in [6.07, 6.45) is 2.78. The Morgan fingerprint density at radius 3 is 3.00 bits per heavy atom. The van der Waals surface area contributed by atoms with Crippen LogP contribution in [-0.2, 0) is 4.79 Å². The molecule has 0 radical (unpaired) electrons. The zero-order valence-corrected chi connectivity index (χ0v) is 7.55. The van der Waals surface area contributed by atoms with Crippen LogP contribution in [0.5, 0.6) is 0 Å². The molecule has 2 heterocycles. The van der Waals surface area contributed by atoms with Crippen LogP contribution in [0.1, 0.15) is 19.3 Å². The first-order valence-corrected chi connectivity index (χ1v) is 4.74. The third kappa shape index (κ3) is 1.11. The minimum atomic E-state index is -0.837. The SMILES string of the molecule is N#C[C@@]12CCCCN1CCNC2=O. The number of nitrogens with zero attached hydrogens (tertiary/aromatic N) is 2. The molecule has 4 nitrogen and oxygen atoms in total. The average Bonchev–Trinajstić information content (AvgIpc) is 2.19. The van der Waals surface area contributed by atoms with Gasteiger partial charge in [-0.2, -0.15) is 5.26 Å². The van der Waals surface area contributed by atoms with E-state index < -0.39 is 5.54 Å². The molecule has 0 aromatic rings. The van der Waals surface area contributed by atoms with E-state index in [1.54, 1.807) is 0 Å². The molecule has 2 rings (SSSR count). The van der Waals surface area contributed by atoms with Gasteiger partial charge in [0.1, 0.15) is 0 Å². The van der Waals surface area contributed by atoms with Gasteiger partial charge in [0.05, 0.1) is 6.07 Å². The Bertz CT molecular complexity index is 269. The molecule has 1 N–H and O–H groups in total. The van der Waals surface area contributed by atoms with Gasteiger partial charge in [0, 0.05) is 19.6 Å². The van der Waals surface area contributed by atoms with Crippen LogP contribution in [0.25, 0.3) is 0 Å². The van der Waals surface area contributed by atoms with E-state index in [4.69, 9.17) is 5.26 Å². The van der Waals surface area contributed by atoms with Crippen molar-refractivity contribution in [1.29, 1.82) is 5.26 Å². The average molecular weight is 179 g/mol. The van der Waals surface area contributed by atoms with E-state index in [2.05, 4.69) is 11.4 Å². The van der Waals surface area contributed by atoms with Crippen molar-refractivity contribution in [3.05, 3.63) is 0 Å². The summed E-state index contributed by atoms with van der Waals surface area (Å²) in [5.74, 6) is -0.0963. The first-order valence-electron chi connectivity index (χ1n) is 4.74. The highest BCUT2D eigenvalue weighted by Crippen LogP contribution is 2.29. The van der Waals surface area contributed by atoms with Gasteiger partial charge in [-0.25, -0.2) is 0 Å². The van der Waals surface area contributed by atoms with E-state index in [1.807, 2.05) is 4.90 Å². The van der Waals surface area contributed by atoms with Gasteiger partial charge in [-0.3, -0.25) is 9.69 Å². The van der Waals surface area contributed by atoms with Crippen molar-refractivity contribution in [2.75, 3.05) is 19.6 Å². The van der Waals surface area contributed by atoms with Crippen molar-refractivity contribution in [2.24, 2.45) is 0 Å². The number of nitrogens with one attached hydrogen (secondary N) is 1. The maximum atomic E-state index is 11.6. The van der Waals surface area contributed by atoms with E-state index in [0.29, 0.717) is 13.0 Å². The normalized spacial score (nSPS) is 34.5. The number of nitriles is 1. The second-order valence-electron chi connectivity index (χ2n) is 3.67. The Balaban J connectivity index is 2.30. The highest BCUT2D eigenvalue weighted by molar-refractivity contribution is 5.90. The minimum Gasteiger partial charge on any atom is -0.352 e. The first-order chi connectivity index (χ1) is 6.29. The summed E-state index contributed by atoms with van der Waals surface area (Å²) in [7, 11) is 0. The molecule has 0 aromatic carbocycles. The van der Waals surface area contributed by atoms with Gasteiger partial charge in [-0.05, 0) is 19.3 Å². The zero-order chi connectivity index (χ0) is 9.31. The van der Waals surface area contributed by atoms with E-state index in [9.17, 15) is 4.79 Å². The summed E-state index contributed by atoms with van der Waals surface area (Å²) in [6.45, 7) is 2.39. The highest BCUT2D eigenvalue weighted by Gasteiger charge is 2.47. The van der Waals surface area contributed by atoms with Crippen molar-refractivity contribution < 1.29 is 4.79 Å². The van der Waals surface area contributed by atoms with Crippen LogP contribution in [-0.4, -0.2) is 36.0 Å². The Morgan fingerprint density at radius 2 is 2.31 bits per heavy atom. The zero-order valence-electron chi connectivity index (χ0n) is 7.55. The minimum absolute atomic E-state index is 0.0963. The molecule has 2 aliphatic rings. The van der Waals surface area contributed by atoms with Crippen LogP contribution in [0, 0.1) is 11.3 Å². The molecule has 0 saturated carbocycles. The Hall–Kier alpha value is -1.08. The Kier molecular flexibility index (Phi) is 1.97. The van der Waals surface area contributed by atoms with Gasteiger partial charge in [0.15, 0.2) is 5.54 Å². The number of fused-ring (bicyclic) bond motifs is 1. The van der Waals surface area contributed by atoms with Crippen molar-refractivity contribution >= 4 is 5.91 Å². The largest absolute Gasteiger partial charge is 0.352 e. The quantitative estimate of drug-likeness (QED) is 0.563. The van der Waals surface area contributed by atoms with Gasteiger partial charge in [0.2, 0.25) is 0 Å². The lowest BCUT2D eigenvalue weighted by Gasteiger charge is -2.44. The van der Waals surface area contributed by atoms with Crippen molar-refractivity contribution in [3.63, 3.8) is 0 Å². The summed E-state index contributed by atoms with van der Waals surface area (Å²) in [5.41, 5.74) is -0.837. The Morgan fingerprint density at radius 1 is 1.46 bits per heavy atom. The maximum Gasteiger partial charge on any atom is 0.255 e. The van der Waals surface area contributed by atoms with Crippen LogP contribution in [0.2, 0.25) is 0 Å². The molecule has 0 aliphatic carbocycles. The number of piperazine rings is 1. The molecule has 1 amide bonds. The lowest BCUT2D eigenvalue weighted by molar-refractivity contribution is -0.135. The van der Waals surface area contributed by atoms with Crippen molar-refractivity contribution in [2.45, 2.75) is 24.8 Å². The molecule has 1 atom stereocenters. The van der Waals surface area contributed by atoms with Gasteiger partial charge in [0.25, 0.3) is 5.91 Å². The van der Waals surface area contributed by atoms with Gasteiger partial charge < -0.3 is 5.32 Å². The van der Waals surface area contributed by atoms with Crippen LogP contribution < -0.4 is 5.32 Å². The third-order valence-corrected chi connectivity index (χ3v) is 2.98. The molecule has 0 bridgehead atoms. The lowest BCUT2D eigenvalue weighted by Crippen LogP contribution is -2.65. The molecule has 0 aromatic heterocycles. The van der Waals surface area contributed by atoms with E-state index in [0.717, 1.165) is 25.9 Å². The summed E-state index contributed by atoms with van der Waals surface area (Å²) in [5, 5.41) is 11.9. The van der Waals surface area contributed by atoms with E-state index in [-0.39, 0.29) is 5.91 Å². The van der Waals surface area contributed by atoms with Crippen LogP contribution >= 0.6 is 0 Å². The summed E-state index contributed by atoms with van der Waals surface area (Å²) in [6, 6.07) is 2.18. The van der Waals surface area contributed by atoms with Crippen LogP contribution in [0.4, 0.5) is 0 Å². The topological polar surface area (TPSA) is 56.1 Å². The number of amides is 1. The molecule has 0 unspecified atom stereocenters. The predicted octanol–water partition coefficient (Wildman–Crippen LogP) is -0.136. The van der Waals surface area contributed by atoms with Crippen LogP contribution in [0.15, 0.2) is 0 Å². The molecule has 0 spiro atoms. The first kappa shape index (κ1) is 8.52. The number of rotatable bonds is 0. The van der Waals surface area contributed by atoms with Crippen molar-refractivity contribution in [3.8, 4) is 6.07 Å². The number of hydrogen-bond acceptors (Lipinski definition) is 3. The fourth-order valence-corrected chi connectivity index (χ4v) is 2.22. The Labute approximate surface area is 77.5 Å². The lowest BCUT2D eigenvalue weighted by atomic mass is 9.85. The maximum absolute atomic E-state index is 11.6. The molecule has 2 aliphatic heterocycles. The highest BCUT2D eigenvalue weighted by atomic mass is 16.2. The molecule has 2 saturated heterocycles. The van der Waals surface area contributed by atoms with E-state index in [1.165, 1.54) is 0 Å². The molecule has 2 fully saturated rings. The fraction of sp³-hybridized carbons (Fsp3) is 0.778. The number of piperidine rings is 1. The van der Waals surface area contributed by atoms with Gasteiger partial charge >= 0.3 is 0 Å². The molecular weight excluding hydrogens is 166 g/mol. The summed E-state index contributed by atoms with van der Waals surface area (Å²) >= 11 is 0. The third-order valence-electron chi connectivity index (χ3n) is 2.98. The molecule has 13 heavy (non-hydrogen) atoms. The monoisotopic (exact) mass is 179 g/mol. The number of carbonyl (C=O) groups excluding carboxylic acids is 1. The summed E-state index contributed by atoms with van der Waals surface area (Å²) in [4.78, 5) is 13.6. The van der Waals surface area contributed by atoms with Crippen LogP contribution in [0.3, 0.4) is 0 Å². The van der Waals surface area contributed by atoms with Crippen molar-refractivity contribution in [1.82, 2.24) is 10.2 Å². The smallest absolute Gasteiger partial charge is 0.255 e. The van der Waals surface area contributed by atoms with Gasteiger partial charge in [-0.15, -0.1) is 0 Å². The second kappa shape index (κ2) is 3.00. The molecule has 4 heteroatoms. The molecule has 70 valence electrons. The fourth-order valence-electron chi connectivity index (χ4n) is 2.22. The molecular formula is C9H13N3O. The predicted molar refractivity (Wildman–Crippen MR) is 46.8 cm³/mol.